The average molecular weight is 485 g/mol. The number of carboxylic acids is 1. The first-order valence-electron chi connectivity index (χ1n) is 10.1. The third-order valence-electron chi connectivity index (χ3n) is 5.35. The number of primary amides is 2. The lowest BCUT2D eigenvalue weighted by atomic mass is 9.78. The first kappa shape index (κ1) is 26.2. The molecule has 2 aliphatic heterocycles. The molecule has 1 fully saturated rings. The Morgan fingerprint density at radius 3 is 2.55 bits per heavy atom. The van der Waals surface area contributed by atoms with Gasteiger partial charge in [-0.1, -0.05) is 6.07 Å². The van der Waals surface area contributed by atoms with Gasteiger partial charge in [-0.3, -0.25) is 19.7 Å². The Balaban J connectivity index is 0.00000385. The first-order chi connectivity index (χ1) is 15.1. The first-order valence-corrected chi connectivity index (χ1v) is 10.1. The lowest BCUT2D eigenvalue weighted by Gasteiger charge is -2.41. The molecule has 0 aliphatic carbocycles. The van der Waals surface area contributed by atoms with Crippen LogP contribution < -0.4 is 26.2 Å². The molecule has 0 saturated carbocycles. The van der Waals surface area contributed by atoms with Crippen LogP contribution >= 0.6 is 12.4 Å². The summed E-state index contributed by atoms with van der Waals surface area (Å²) in [5.41, 5.74) is 10.8. The van der Waals surface area contributed by atoms with Crippen molar-refractivity contribution in [2.45, 2.75) is 44.3 Å². The number of halogens is 1. The van der Waals surface area contributed by atoms with Gasteiger partial charge in [-0.25, -0.2) is 4.79 Å². The second kappa shape index (κ2) is 10.7. The van der Waals surface area contributed by atoms with Gasteiger partial charge in [0.2, 0.25) is 17.7 Å². The zero-order chi connectivity index (χ0) is 23.6. The number of nitrogens with two attached hydrogens (primary N) is 2. The standard InChI is InChI=1S/C19H25BN4O8.ClH/c1-9(23-12(17(22)26)6-14(21)25)18(27)24-7-11(8-24)31-13-3-2-10-4-5-20(30)32-16(10)15(13)19(28)29;/h2-3,9,11-12,23,30H,4-8H2,1H3,(H2,21,25)(H2,22,26)(H,28,29);1H/t9-,12-;/m1./s1. The van der Waals surface area contributed by atoms with Crippen LogP contribution in [0.3, 0.4) is 0 Å². The van der Waals surface area contributed by atoms with Crippen LogP contribution in [0.25, 0.3) is 0 Å². The number of fused-ring (bicyclic) bond motifs is 1. The number of benzene rings is 1. The molecule has 1 saturated heterocycles. The van der Waals surface area contributed by atoms with Crippen molar-refractivity contribution in [1.82, 2.24) is 10.2 Å². The van der Waals surface area contributed by atoms with Gasteiger partial charge in [0.1, 0.15) is 23.2 Å². The molecule has 1 aromatic rings. The summed E-state index contributed by atoms with van der Waals surface area (Å²) in [6.45, 7) is 1.92. The molecule has 0 aromatic heterocycles. The second-order valence-electron chi connectivity index (χ2n) is 7.84. The summed E-state index contributed by atoms with van der Waals surface area (Å²) in [4.78, 5) is 48.3. The molecule has 14 heteroatoms. The molecule has 0 spiro atoms. The van der Waals surface area contributed by atoms with E-state index >= 15 is 0 Å². The number of hydrogen-bond donors (Lipinski definition) is 5. The van der Waals surface area contributed by atoms with Crippen LogP contribution in [0.4, 0.5) is 0 Å². The number of likely N-dealkylation sites (tertiary alicyclic amines) is 1. The van der Waals surface area contributed by atoms with Crippen LogP contribution in [0.15, 0.2) is 12.1 Å². The summed E-state index contributed by atoms with van der Waals surface area (Å²) < 4.78 is 11.1. The van der Waals surface area contributed by atoms with E-state index < -0.39 is 43.1 Å². The number of nitrogens with zero attached hydrogens (tertiary/aromatic N) is 1. The van der Waals surface area contributed by atoms with Crippen molar-refractivity contribution in [2.24, 2.45) is 11.5 Å². The lowest BCUT2D eigenvalue weighted by molar-refractivity contribution is -0.142. The molecule has 1 aromatic carbocycles. The Labute approximate surface area is 196 Å². The van der Waals surface area contributed by atoms with Crippen LogP contribution in [0, 0.1) is 0 Å². The summed E-state index contributed by atoms with van der Waals surface area (Å²) in [7, 11) is -1.08. The molecule has 3 amide bonds. The van der Waals surface area contributed by atoms with Crippen LogP contribution in [0.2, 0.25) is 6.32 Å². The molecule has 7 N–H and O–H groups in total. The monoisotopic (exact) mass is 484 g/mol. The van der Waals surface area contributed by atoms with Gasteiger partial charge >= 0.3 is 13.1 Å². The summed E-state index contributed by atoms with van der Waals surface area (Å²) >= 11 is 0. The lowest BCUT2D eigenvalue weighted by Crippen LogP contribution is -2.61. The maximum absolute atomic E-state index is 12.6. The molecule has 2 atom stereocenters. The number of nitrogens with one attached hydrogen (secondary N) is 1. The fourth-order valence-corrected chi connectivity index (χ4v) is 3.68. The highest BCUT2D eigenvalue weighted by Gasteiger charge is 2.37. The zero-order valence-corrected chi connectivity index (χ0v) is 18.7. The Morgan fingerprint density at radius 2 is 1.97 bits per heavy atom. The topological polar surface area (TPSA) is 195 Å². The third kappa shape index (κ3) is 6.06. The van der Waals surface area contributed by atoms with E-state index in [1.165, 1.54) is 11.8 Å². The average Bonchev–Trinajstić information content (AvgIpc) is 2.68. The van der Waals surface area contributed by atoms with E-state index in [1.54, 1.807) is 12.1 Å². The smallest absolute Gasteiger partial charge is 0.522 e. The van der Waals surface area contributed by atoms with Crippen molar-refractivity contribution in [3.05, 3.63) is 23.3 Å². The van der Waals surface area contributed by atoms with E-state index in [2.05, 4.69) is 5.32 Å². The van der Waals surface area contributed by atoms with Crippen molar-refractivity contribution in [3.63, 3.8) is 0 Å². The molecule has 0 radical (unpaired) electrons. The molecule has 33 heavy (non-hydrogen) atoms. The number of rotatable bonds is 9. The number of amides is 3. The molecule has 3 rings (SSSR count). The SMILES string of the molecule is C[C@@H](N[C@H](CC(N)=O)C(N)=O)C(=O)N1CC(Oc2ccc3c(c2C(=O)O)OB(O)CC3)C1.Cl. The Kier molecular flexibility index (Phi) is 8.53. The second-order valence-corrected chi connectivity index (χ2v) is 7.84. The predicted octanol–water partition coefficient (Wildman–Crippen LogP) is -1.48. The summed E-state index contributed by atoms with van der Waals surface area (Å²) in [5.74, 6) is -2.93. The van der Waals surface area contributed by atoms with Gasteiger partial charge in [0, 0.05) is 0 Å². The van der Waals surface area contributed by atoms with Crippen molar-refractivity contribution >= 4 is 43.2 Å². The molecule has 12 nitrogen and oxygen atoms in total. The van der Waals surface area contributed by atoms with Crippen molar-refractivity contribution < 1.29 is 38.7 Å². The highest BCUT2D eigenvalue weighted by molar-refractivity contribution is 6.44. The number of aromatic carboxylic acids is 1. The zero-order valence-electron chi connectivity index (χ0n) is 17.9. The molecule has 2 aliphatic rings. The van der Waals surface area contributed by atoms with Gasteiger partial charge < -0.3 is 35.9 Å². The number of carboxylic acid groups (broad SMARTS) is 1. The van der Waals surface area contributed by atoms with E-state index in [1.807, 2.05) is 0 Å². The molecule has 0 unspecified atom stereocenters. The van der Waals surface area contributed by atoms with Crippen molar-refractivity contribution in [1.29, 1.82) is 0 Å². The minimum absolute atomic E-state index is 0. The van der Waals surface area contributed by atoms with Gasteiger partial charge in [-0.2, -0.15) is 0 Å². The van der Waals surface area contributed by atoms with E-state index in [0.29, 0.717) is 18.3 Å². The van der Waals surface area contributed by atoms with E-state index in [-0.39, 0.29) is 54.9 Å². The Morgan fingerprint density at radius 1 is 1.30 bits per heavy atom. The quantitative estimate of drug-likeness (QED) is 0.260. The highest BCUT2D eigenvalue weighted by atomic mass is 35.5. The predicted molar refractivity (Wildman–Crippen MR) is 118 cm³/mol. The normalized spacial score (nSPS) is 16.9. The fourth-order valence-electron chi connectivity index (χ4n) is 3.68. The Bertz CT molecular complexity index is 943. The van der Waals surface area contributed by atoms with Gasteiger partial charge in [-0.05, 0) is 31.3 Å². The summed E-state index contributed by atoms with van der Waals surface area (Å²) in [5, 5.41) is 22.1. The third-order valence-corrected chi connectivity index (χ3v) is 5.35. The van der Waals surface area contributed by atoms with Crippen LogP contribution in [-0.2, 0) is 20.8 Å². The number of carbonyl (C=O) groups excluding carboxylic acids is 3. The van der Waals surface area contributed by atoms with E-state index in [9.17, 15) is 29.3 Å². The number of carbonyl (C=O) groups is 4. The number of hydrogen-bond acceptors (Lipinski definition) is 8. The van der Waals surface area contributed by atoms with Gasteiger partial charge in [0.25, 0.3) is 0 Å². The maximum Gasteiger partial charge on any atom is 0.522 e. The Hall–Kier alpha value is -3.03. The van der Waals surface area contributed by atoms with Crippen LogP contribution in [0.1, 0.15) is 29.3 Å². The summed E-state index contributed by atoms with van der Waals surface area (Å²) in [6.07, 6.45) is 0.0729. The largest absolute Gasteiger partial charge is 0.535 e. The van der Waals surface area contributed by atoms with Crippen molar-refractivity contribution in [3.8, 4) is 11.5 Å². The fraction of sp³-hybridized carbons (Fsp3) is 0.474. The van der Waals surface area contributed by atoms with Gasteiger partial charge in [0.15, 0.2) is 0 Å². The number of ether oxygens (including phenoxy) is 1. The number of aryl methyl sites for hydroxylation is 1. The minimum Gasteiger partial charge on any atom is -0.535 e. The van der Waals surface area contributed by atoms with E-state index in [0.717, 1.165) is 0 Å². The van der Waals surface area contributed by atoms with Gasteiger partial charge in [-0.15, -0.1) is 12.4 Å². The molecular weight excluding hydrogens is 458 g/mol. The molecular formula is C19H26BClN4O8. The highest BCUT2D eigenvalue weighted by Crippen LogP contribution is 2.37. The van der Waals surface area contributed by atoms with Crippen molar-refractivity contribution in [2.75, 3.05) is 13.1 Å². The van der Waals surface area contributed by atoms with E-state index in [4.69, 9.17) is 20.9 Å². The molecule has 2 heterocycles. The maximum atomic E-state index is 12.6. The van der Waals surface area contributed by atoms with Crippen LogP contribution in [-0.4, -0.2) is 77.1 Å². The minimum atomic E-state index is -1.25. The van der Waals surface area contributed by atoms with Gasteiger partial charge in [0.05, 0.1) is 31.6 Å². The van der Waals surface area contributed by atoms with Crippen LogP contribution in [0.5, 0.6) is 11.5 Å². The molecule has 0 bridgehead atoms. The molecule has 180 valence electrons. The summed E-state index contributed by atoms with van der Waals surface area (Å²) in [6, 6.07) is 1.36.